The zero-order valence-electron chi connectivity index (χ0n) is 12.8. The van der Waals surface area contributed by atoms with E-state index in [2.05, 4.69) is 41.6 Å². The van der Waals surface area contributed by atoms with Gasteiger partial charge in [-0.05, 0) is 17.7 Å². The van der Waals surface area contributed by atoms with Gasteiger partial charge in [-0.25, -0.2) is 0 Å². The molecule has 0 aliphatic heterocycles. The number of rotatable bonds is 3. The van der Waals surface area contributed by atoms with E-state index in [1.165, 1.54) is 5.56 Å². The molecule has 3 rings (SSSR count). The van der Waals surface area contributed by atoms with Gasteiger partial charge in [-0.15, -0.1) is 0 Å². The van der Waals surface area contributed by atoms with Crippen molar-refractivity contribution in [1.29, 1.82) is 0 Å². The van der Waals surface area contributed by atoms with Crippen LogP contribution in [0.5, 0.6) is 0 Å². The number of halogens is 1. The van der Waals surface area contributed by atoms with E-state index >= 15 is 0 Å². The molecular formula is C17H19ClN4Pt. The van der Waals surface area contributed by atoms with Gasteiger partial charge < -0.3 is 5.73 Å². The topological polar surface area (TPSA) is 59.6 Å². The van der Waals surface area contributed by atoms with Gasteiger partial charge in [-0.3, -0.25) is 0 Å². The van der Waals surface area contributed by atoms with Crippen molar-refractivity contribution in [2.24, 2.45) is 12.8 Å². The molecule has 0 bridgehead atoms. The number of benzene rings is 2. The van der Waals surface area contributed by atoms with Crippen LogP contribution >= 0.6 is 11.6 Å². The number of nitrogens with one attached hydrogen (secondary N) is 1. The van der Waals surface area contributed by atoms with Gasteiger partial charge in [0, 0.05) is 11.6 Å². The summed E-state index contributed by atoms with van der Waals surface area (Å²) in [6.45, 7) is 0.581. The molecule has 2 aromatic carbocycles. The van der Waals surface area contributed by atoms with Crippen molar-refractivity contribution in [1.82, 2.24) is 14.8 Å². The van der Waals surface area contributed by atoms with Gasteiger partial charge in [0.05, 0.1) is 0 Å². The summed E-state index contributed by atoms with van der Waals surface area (Å²) in [5.74, 6) is 1.00. The Morgan fingerprint density at radius 1 is 1.09 bits per heavy atom. The minimum atomic E-state index is 0.581. The van der Waals surface area contributed by atoms with Gasteiger partial charge in [-0.1, -0.05) is 23.7 Å². The van der Waals surface area contributed by atoms with Gasteiger partial charge in [0.2, 0.25) is 0 Å². The molecule has 0 atom stereocenters. The first-order valence-electron chi connectivity index (χ1n) is 7.14. The van der Waals surface area contributed by atoms with Gasteiger partial charge in [0.15, 0.2) is 0 Å². The van der Waals surface area contributed by atoms with Gasteiger partial charge in [0.25, 0.3) is 0 Å². The van der Waals surface area contributed by atoms with Crippen molar-refractivity contribution < 1.29 is 19.4 Å². The summed E-state index contributed by atoms with van der Waals surface area (Å²) in [7, 11) is 1.96. The number of aromatic nitrogens is 3. The second-order valence-electron chi connectivity index (χ2n) is 4.96. The van der Waals surface area contributed by atoms with E-state index in [-0.39, 0.29) is 0 Å². The Morgan fingerprint density at radius 3 is 2.26 bits per heavy atom. The Labute approximate surface area is 151 Å². The van der Waals surface area contributed by atoms with E-state index in [4.69, 9.17) is 17.3 Å². The molecule has 3 N–H and O–H groups in total. The zero-order valence-corrected chi connectivity index (χ0v) is 15.8. The Kier molecular flexibility index (Phi) is 6.97. The molecule has 0 spiro atoms. The standard InChI is InChI=1S/C10H11N3.C7H8ClN.Pt/c1-13-8-11-10(12-13)7-9-5-3-2-4-6-9;8-7-3-1-6(5-9)2-4-7;/h2-6H,7H2,1H3,(H,11,12);1-4H,5,9H2;. The summed E-state index contributed by atoms with van der Waals surface area (Å²) >= 11 is 7.82. The van der Waals surface area contributed by atoms with Crippen LogP contribution in [0, 0.1) is 3.80 Å². The number of hydrogen-bond donors (Lipinski definition) is 2. The summed E-state index contributed by atoms with van der Waals surface area (Å²) < 4.78 is 2.90. The molecule has 0 fully saturated rings. The molecule has 3 aromatic rings. The van der Waals surface area contributed by atoms with Crippen LogP contribution in [0.25, 0.3) is 0 Å². The maximum Gasteiger partial charge on any atom is 0.0406 e. The quantitative estimate of drug-likeness (QED) is 0.570. The number of H-pyrrole nitrogens is 1. The third-order valence-corrected chi connectivity index (χ3v) is 4.40. The Balaban J connectivity index is 0.000000185. The second-order valence-corrected chi connectivity index (χ2v) is 6.42. The van der Waals surface area contributed by atoms with Crippen molar-refractivity contribution in [3.8, 4) is 0 Å². The summed E-state index contributed by atoms with van der Waals surface area (Å²) in [6.07, 6.45) is 0.859. The van der Waals surface area contributed by atoms with Crippen molar-refractivity contribution >= 4 is 11.6 Å². The number of nitrogens with zero attached hydrogens (tertiary/aromatic N) is 2. The van der Waals surface area contributed by atoms with Crippen LogP contribution in [-0.2, 0) is 39.4 Å². The van der Waals surface area contributed by atoms with Crippen molar-refractivity contribution in [2.75, 3.05) is 0 Å². The smallest absolute Gasteiger partial charge is 0.0406 e. The first-order valence-corrected chi connectivity index (χ1v) is 8.65. The van der Waals surface area contributed by atoms with Crippen LogP contribution in [0.15, 0.2) is 54.6 Å². The molecule has 0 saturated carbocycles. The van der Waals surface area contributed by atoms with Crippen molar-refractivity contribution in [3.63, 3.8) is 0 Å². The second kappa shape index (κ2) is 8.97. The number of hydrogen-bond acceptors (Lipinski definition) is 2. The van der Waals surface area contributed by atoms with Crippen LogP contribution in [0.1, 0.15) is 17.0 Å². The molecule has 124 valence electrons. The van der Waals surface area contributed by atoms with Crippen LogP contribution in [0.2, 0.25) is 5.02 Å². The van der Waals surface area contributed by atoms with E-state index < -0.39 is 0 Å². The van der Waals surface area contributed by atoms with E-state index in [0.29, 0.717) is 6.54 Å². The van der Waals surface area contributed by atoms with E-state index in [1.807, 2.05) is 54.2 Å². The minimum absolute atomic E-state index is 0.581. The maximum atomic E-state index is 5.63. The third kappa shape index (κ3) is 5.91. The molecule has 0 unspecified atom stereocenters. The van der Waals surface area contributed by atoms with E-state index in [1.54, 1.807) is 0 Å². The Hall–Kier alpha value is -1.48. The Bertz CT molecular complexity index is 778. The molecule has 0 radical (unpaired) electrons. The predicted molar refractivity (Wildman–Crippen MR) is 89.4 cm³/mol. The van der Waals surface area contributed by atoms with Crippen LogP contribution in [0.3, 0.4) is 0 Å². The number of aromatic amines is 1. The van der Waals surface area contributed by atoms with Crippen molar-refractivity contribution in [2.45, 2.75) is 13.0 Å². The SMILES string of the molecule is Cn1[nH]c(Cc2ccccc2)n[c]1=[Pt].NCc1ccc(Cl)cc1. The Morgan fingerprint density at radius 2 is 1.74 bits per heavy atom. The normalized spacial score (nSPS) is 10.1. The average Bonchev–Trinajstić information content (AvgIpc) is 2.87. The van der Waals surface area contributed by atoms with E-state index in [9.17, 15) is 0 Å². The minimum Gasteiger partial charge on any atom is -0.326 e. The van der Waals surface area contributed by atoms with E-state index in [0.717, 1.165) is 26.6 Å². The number of aryl methyl sites for hydroxylation is 1. The van der Waals surface area contributed by atoms with Gasteiger partial charge in [0.1, 0.15) is 0 Å². The fourth-order valence-corrected chi connectivity index (χ4v) is 2.49. The fraction of sp³-hybridized carbons (Fsp3) is 0.176. The molecular weight excluding hydrogens is 491 g/mol. The summed E-state index contributed by atoms with van der Waals surface area (Å²) in [6, 6.07) is 17.8. The molecule has 6 heteroatoms. The zero-order chi connectivity index (χ0) is 16.7. The molecule has 4 nitrogen and oxygen atoms in total. The molecule has 0 saturated heterocycles. The molecule has 23 heavy (non-hydrogen) atoms. The predicted octanol–water partition coefficient (Wildman–Crippen LogP) is 3.22. The fourth-order valence-electron chi connectivity index (χ4n) is 1.93. The molecule has 1 heterocycles. The van der Waals surface area contributed by atoms with Crippen LogP contribution < -0.4 is 5.73 Å². The monoisotopic (exact) mass is 509 g/mol. The maximum absolute atomic E-state index is 5.63. The summed E-state index contributed by atoms with van der Waals surface area (Å²) in [5, 5.41) is 3.95. The number of nitrogens with two attached hydrogens (primary N) is 1. The third-order valence-electron chi connectivity index (χ3n) is 3.14. The van der Waals surface area contributed by atoms with Gasteiger partial charge >= 0.3 is 93.1 Å². The van der Waals surface area contributed by atoms with Crippen LogP contribution in [-0.4, -0.2) is 14.8 Å². The van der Waals surface area contributed by atoms with Gasteiger partial charge in [-0.2, -0.15) is 0 Å². The first kappa shape index (κ1) is 17.9. The molecule has 0 aliphatic rings. The molecule has 1 aromatic heterocycles. The van der Waals surface area contributed by atoms with Crippen LogP contribution in [0.4, 0.5) is 0 Å². The van der Waals surface area contributed by atoms with Crippen molar-refractivity contribution in [3.05, 3.63) is 80.4 Å². The molecule has 0 aliphatic carbocycles. The first-order chi connectivity index (χ1) is 11.1. The summed E-state index contributed by atoms with van der Waals surface area (Å²) in [5.41, 5.74) is 7.74. The largest absolute Gasteiger partial charge is 0.326 e. The molecule has 0 amide bonds. The summed E-state index contributed by atoms with van der Waals surface area (Å²) in [4.78, 5) is 4.40. The average molecular weight is 510 g/mol.